The van der Waals surface area contributed by atoms with Gasteiger partial charge >= 0.3 is 0 Å². The Balaban J connectivity index is 1.43. The van der Waals surface area contributed by atoms with Crippen LogP contribution in [0.2, 0.25) is 0 Å². The summed E-state index contributed by atoms with van der Waals surface area (Å²) in [5.41, 5.74) is 6.36. The first-order valence-corrected chi connectivity index (χ1v) is 14.1. The summed E-state index contributed by atoms with van der Waals surface area (Å²) in [7, 11) is 5.51. The maximum Gasteiger partial charge on any atom is 0.206 e. The minimum atomic E-state index is 0.187. The van der Waals surface area contributed by atoms with E-state index in [1.54, 1.807) is 26.6 Å². The van der Waals surface area contributed by atoms with Gasteiger partial charge in [0.1, 0.15) is 11.3 Å². The van der Waals surface area contributed by atoms with Gasteiger partial charge in [0.15, 0.2) is 5.82 Å². The topological polar surface area (TPSA) is 99.2 Å². The third-order valence-corrected chi connectivity index (χ3v) is 7.92. The van der Waals surface area contributed by atoms with Crippen LogP contribution < -0.4 is 9.64 Å². The number of aromatic nitrogens is 7. The van der Waals surface area contributed by atoms with Crippen molar-refractivity contribution in [2.24, 2.45) is 7.05 Å². The predicted molar refractivity (Wildman–Crippen MR) is 160 cm³/mol. The molecule has 0 aliphatic carbocycles. The first-order chi connectivity index (χ1) is 19.9. The molecule has 0 N–H and O–H groups in total. The number of hydrogen-bond donors (Lipinski definition) is 0. The number of hydrogen-bond acceptors (Lipinski definition) is 9. The van der Waals surface area contributed by atoms with E-state index in [1.807, 2.05) is 29.9 Å². The standard InChI is InChI=1S/C30H37N9O2/c1-19(2)28-29-25(36(4)30(35-29)38-11-9-37(10-12-38)13-14-40-5)16-27(34-28)39-24-15-23(33-20(3)21(24)18-32-39)22-17-31-8-7-26(22)41-6/h7-8,15-19H,9-14H2,1-6H3. The summed E-state index contributed by atoms with van der Waals surface area (Å²) in [5.74, 6) is 2.64. The second-order valence-corrected chi connectivity index (χ2v) is 10.8. The second-order valence-electron chi connectivity index (χ2n) is 10.8. The van der Waals surface area contributed by atoms with Crippen LogP contribution in [0.4, 0.5) is 5.95 Å². The molecule has 0 radical (unpaired) electrons. The molecule has 11 nitrogen and oxygen atoms in total. The summed E-state index contributed by atoms with van der Waals surface area (Å²) in [5, 5.41) is 5.76. The highest BCUT2D eigenvalue weighted by Crippen LogP contribution is 2.33. The number of imidazole rings is 1. The van der Waals surface area contributed by atoms with E-state index in [-0.39, 0.29) is 5.92 Å². The van der Waals surface area contributed by atoms with Crippen molar-refractivity contribution in [1.82, 2.24) is 39.2 Å². The Labute approximate surface area is 239 Å². The van der Waals surface area contributed by atoms with Gasteiger partial charge in [-0.2, -0.15) is 5.10 Å². The Morgan fingerprint density at radius 1 is 0.976 bits per heavy atom. The van der Waals surface area contributed by atoms with E-state index < -0.39 is 0 Å². The van der Waals surface area contributed by atoms with E-state index in [1.165, 1.54) is 0 Å². The molecule has 0 saturated carbocycles. The predicted octanol–water partition coefficient (Wildman–Crippen LogP) is 3.97. The van der Waals surface area contributed by atoms with Crippen molar-refractivity contribution in [3.8, 4) is 22.8 Å². The largest absolute Gasteiger partial charge is 0.496 e. The normalized spacial score (nSPS) is 14.6. The lowest BCUT2D eigenvalue weighted by Gasteiger charge is -2.35. The van der Waals surface area contributed by atoms with Crippen molar-refractivity contribution >= 4 is 27.9 Å². The van der Waals surface area contributed by atoms with Crippen LogP contribution in [-0.4, -0.2) is 92.7 Å². The van der Waals surface area contributed by atoms with Crippen LogP contribution in [0.5, 0.6) is 5.75 Å². The molecule has 0 unspecified atom stereocenters. The Morgan fingerprint density at radius 3 is 2.51 bits per heavy atom. The molecule has 5 aromatic heterocycles. The third kappa shape index (κ3) is 4.89. The van der Waals surface area contributed by atoms with Crippen molar-refractivity contribution in [3.63, 3.8) is 0 Å². The van der Waals surface area contributed by atoms with E-state index in [0.717, 1.165) is 101 Å². The number of ether oxygens (including phenoxy) is 2. The van der Waals surface area contributed by atoms with Gasteiger partial charge in [-0.15, -0.1) is 0 Å². The molecule has 5 aromatic rings. The van der Waals surface area contributed by atoms with Crippen molar-refractivity contribution in [2.45, 2.75) is 26.7 Å². The zero-order valence-corrected chi connectivity index (χ0v) is 24.6. The Kier molecular flexibility index (Phi) is 7.31. The van der Waals surface area contributed by atoms with E-state index in [2.05, 4.69) is 46.3 Å². The number of methoxy groups -OCH3 is 2. The lowest BCUT2D eigenvalue weighted by molar-refractivity contribution is 0.143. The molecule has 0 spiro atoms. The average Bonchev–Trinajstić information content (AvgIpc) is 3.57. The summed E-state index contributed by atoms with van der Waals surface area (Å²) in [6.45, 7) is 11.9. The first-order valence-electron chi connectivity index (χ1n) is 14.1. The molecular weight excluding hydrogens is 518 g/mol. The van der Waals surface area contributed by atoms with Gasteiger partial charge < -0.3 is 18.9 Å². The summed E-state index contributed by atoms with van der Waals surface area (Å²) in [6, 6.07) is 5.98. The van der Waals surface area contributed by atoms with Crippen LogP contribution in [0.25, 0.3) is 39.0 Å². The summed E-state index contributed by atoms with van der Waals surface area (Å²) in [4.78, 5) is 24.2. The minimum Gasteiger partial charge on any atom is -0.496 e. The van der Waals surface area contributed by atoms with Crippen LogP contribution in [0.15, 0.2) is 36.8 Å². The molecule has 6 heterocycles. The number of aryl methyl sites for hydroxylation is 2. The number of nitrogens with zero attached hydrogens (tertiary/aromatic N) is 9. The molecule has 0 bridgehead atoms. The quantitative estimate of drug-likeness (QED) is 0.282. The fraction of sp³-hybridized carbons (Fsp3) is 0.433. The Hall–Kier alpha value is -4.09. The van der Waals surface area contributed by atoms with Crippen molar-refractivity contribution in [2.75, 3.05) is 58.5 Å². The zero-order chi connectivity index (χ0) is 28.7. The van der Waals surface area contributed by atoms with Gasteiger partial charge in [-0.05, 0) is 25.0 Å². The molecule has 1 saturated heterocycles. The molecule has 41 heavy (non-hydrogen) atoms. The minimum absolute atomic E-state index is 0.187. The van der Waals surface area contributed by atoms with Gasteiger partial charge in [0.05, 0.1) is 47.9 Å². The van der Waals surface area contributed by atoms with Gasteiger partial charge in [0, 0.05) is 76.4 Å². The summed E-state index contributed by atoms with van der Waals surface area (Å²) >= 11 is 0. The van der Waals surface area contributed by atoms with E-state index in [0.29, 0.717) is 0 Å². The third-order valence-electron chi connectivity index (χ3n) is 7.92. The molecule has 1 fully saturated rings. The number of pyridine rings is 3. The van der Waals surface area contributed by atoms with Gasteiger partial charge in [-0.25, -0.2) is 14.6 Å². The monoisotopic (exact) mass is 555 g/mol. The van der Waals surface area contributed by atoms with Crippen LogP contribution in [0.3, 0.4) is 0 Å². The maximum atomic E-state index is 5.59. The molecule has 0 aromatic carbocycles. The van der Waals surface area contributed by atoms with E-state index in [9.17, 15) is 0 Å². The molecule has 11 heteroatoms. The highest BCUT2D eigenvalue weighted by molar-refractivity contribution is 5.88. The Morgan fingerprint density at radius 2 is 1.78 bits per heavy atom. The summed E-state index contributed by atoms with van der Waals surface area (Å²) in [6.07, 6.45) is 5.36. The lowest BCUT2D eigenvalue weighted by Crippen LogP contribution is -2.48. The SMILES string of the molecule is COCCN1CCN(c2nc3c(C(C)C)nc(-n4ncc5c(C)nc(-c6cnccc6OC)cc54)cc3n2C)CC1. The number of rotatable bonds is 8. The number of piperazine rings is 1. The second kappa shape index (κ2) is 11.1. The van der Waals surface area contributed by atoms with Gasteiger partial charge in [-0.1, -0.05) is 13.8 Å². The fourth-order valence-electron chi connectivity index (χ4n) is 5.62. The summed E-state index contributed by atoms with van der Waals surface area (Å²) < 4.78 is 15.0. The van der Waals surface area contributed by atoms with Gasteiger partial charge in [-0.3, -0.25) is 14.9 Å². The molecule has 1 aliphatic rings. The number of anilines is 1. The van der Waals surface area contributed by atoms with Crippen molar-refractivity contribution in [1.29, 1.82) is 0 Å². The van der Waals surface area contributed by atoms with Gasteiger partial charge in [0.25, 0.3) is 0 Å². The average molecular weight is 556 g/mol. The van der Waals surface area contributed by atoms with Crippen LogP contribution in [-0.2, 0) is 11.8 Å². The van der Waals surface area contributed by atoms with Crippen molar-refractivity contribution < 1.29 is 9.47 Å². The zero-order valence-electron chi connectivity index (χ0n) is 24.6. The van der Waals surface area contributed by atoms with Gasteiger partial charge in [0.2, 0.25) is 5.95 Å². The fourth-order valence-corrected chi connectivity index (χ4v) is 5.62. The lowest BCUT2D eigenvalue weighted by atomic mass is 10.1. The van der Waals surface area contributed by atoms with E-state index in [4.69, 9.17) is 29.5 Å². The number of fused-ring (bicyclic) bond motifs is 2. The Bertz CT molecular complexity index is 1700. The van der Waals surface area contributed by atoms with Crippen LogP contribution in [0.1, 0.15) is 31.2 Å². The van der Waals surface area contributed by atoms with Crippen LogP contribution >= 0.6 is 0 Å². The highest BCUT2D eigenvalue weighted by atomic mass is 16.5. The smallest absolute Gasteiger partial charge is 0.206 e. The molecule has 0 amide bonds. The van der Waals surface area contributed by atoms with Crippen molar-refractivity contribution in [3.05, 3.63) is 48.2 Å². The molecule has 214 valence electrons. The van der Waals surface area contributed by atoms with E-state index >= 15 is 0 Å². The molecule has 6 rings (SSSR count). The molecule has 0 atom stereocenters. The molecule has 1 aliphatic heterocycles. The molecular formula is C30H37N9O2. The highest BCUT2D eigenvalue weighted by Gasteiger charge is 2.24. The first kappa shape index (κ1) is 27.1. The maximum absolute atomic E-state index is 5.59. The van der Waals surface area contributed by atoms with Crippen LogP contribution in [0, 0.1) is 6.92 Å².